The fourth-order valence-electron chi connectivity index (χ4n) is 3.95. The van der Waals surface area contributed by atoms with Gasteiger partial charge in [-0.15, -0.1) is 0 Å². The number of amides is 2. The smallest absolute Gasteiger partial charge is 0.255 e. The molecular formula is C25H32ClN3O4. The van der Waals surface area contributed by atoms with Crippen LogP contribution in [0, 0.1) is 0 Å². The maximum Gasteiger partial charge on any atom is 0.255 e. The van der Waals surface area contributed by atoms with Gasteiger partial charge < -0.3 is 20.5 Å². The third-order valence-electron chi connectivity index (χ3n) is 5.65. The van der Waals surface area contributed by atoms with E-state index in [-0.39, 0.29) is 17.9 Å². The molecular weight excluding hydrogens is 442 g/mol. The van der Waals surface area contributed by atoms with E-state index in [0.29, 0.717) is 47.5 Å². The lowest BCUT2D eigenvalue weighted by atomic mass is 10.1. The zero-order chi connectivity index (χ0) is 23.8. The van der Waals surface area contributed by atoms with E-state index in [9.17, 15) is 9.59 Å². The van der Waals surface area contributed by atoms with Crippen LogP contribution in [-0.4, -0.2) is 42.5 Å². The van der Waals surface area contributed by atoms with Crippen molar-refractivity contribution in [2.24, 2.45) is 5.73 Å². The van der Waals surface area contributed by atoms with Gasteiger partial charge in [0.2, 0.25) is 5.91 Å². The van der Waals surface area contributed by atoms with Gasteiger partial charge in [-0.1, -0.05) is 43.1 Å². The molecule has 1 unspecified atom stereocenters. The second-order valence-corrected chi connectivity index (χ2v) is 8.47. The molecule has 1 aliphatic heterocycles. The van der Waals surface area contributed by atoms with Gasteiger partial charge in [-0.3, -0.25) is 14.5 Å². The summed E-state index contributed by atoms with van der Waals surface area (Å²) in [4.78, 5) is 26.9. The highest BCUT2D eigenvalue weighted by molar-refractivity contribution is 6.32. The van der Waals surface area contributed by atoms with Crippen LogP contribution in [0.3, 0.4) is 0 Å². The molecule has 1 fully saturated rings. The lowest BCUT2D eigenvalue weighted by Gasteiger charge is -2.23. The van der Waals surface area contributed by atoms with Gasteiger partial charge in [0.1, 0.15) is 0 Å². The lowest BCUT2D eigenvalue weighted by molar-refractivity contribution is -0.122. The van der Waals surface area contributed by atoms with E-state index in [1.807, 2.05) is 31.2 Å². The number of anilines is 1. The van der Waals surface area contributed by atoms with Gasteiger partial charge >= 0.3 is 0 Å². The predicted octanol–water partition coefficient (Wildman–Crippen LogP) is 4.62. The van der Waals surface area contributed by atoms with E-state index in [1.54, 1.807) is 12.1 Å². The van der Waals surface area contributed by atoms with Crippen molar-refractivity contribution in [3.63, 3.8) is 0 Å². The van der Waals surface area contributed by atoms with Crippen molar-refractivity contribution in [3.8, 4) is 11.5 Å². The molecule has 7 nitrogen and oxygen atoms in total. The molecule has 2 amide bonds. The minimum absolute atomic E-state index is 0.276. The SMILES string of the molecule is CCCCOc1c(Cl)cc(C(=O)Nc2ccccc2CN2CCCC2C(N)=O)cc1OCC. The van der Waals surface area contributed by atoms with Crippen LogP contribution in [0.4, 0.5) is 5.69 Å². The van der Waals surface area contributed by atoms with E-state index in [2.05, 4.69) is 17.1 Å². The Bertz CT molecular complexity index is 982. The van der Waals surface area contributed by atoms with Crippen LogP contribution in [-0.2, 0) is 11.3 Å². The number of hydrogen-bond acceptors (Lipinski definition) is 5. The summed E-state index contributed by atoms with van der Waals surface area (Å²) in [5.74, 6) is 0.281. The van der Waals surface area contributed by atoms with Gasteiger partial charge in [-0.2, -0.15) is 0 Å². The number of rotatable bonds is 11. The lowest BCUT2D eigenvalue weighted by Crippen LogP contribution is -2.39. The second kappa shape index (κ2) is 11.9. The van der Waals surface area contributed by atoms with Crippen molar-refractivity contribution in [1.29, 1.82) is 0 Å². The number of carbonyl (C=O) groups is 2. The summed E-state index contributed by atoms with van der Waals surface area (Å²) < 4.78 is 11.5. The summed E-state index contributed by atoms with van der Waals surface area (Å²) in [6.07, 6.45) is 3.58. The minimum Gasteiger partial charge on any atom is -0.490 e. The molecule has 8 heteroatoms. The minimum atomic E-state index is -0.312. The van der Waals surface area contributed by atoms with Crippen LogP contribution in [0.15, 0.2) is 36.4 Å². The van der Waals surface area contributed by atoms with Crippen molar-refractivity contribution < 1.29 is 19.1 Å². The Balaban J connectivity index is 1.79. The maximum absolute atomic E-state index is 13.1. The zero-order valence-electron chi connectivity index (χ0n) is 19.2. The molecule has 1 saturated heterocycles. The number of para-hydroxylation sites is 1. The highest BCUT2D eigenvalue weighted by Gasteiger charge is 2.29. The summed E-state index contributed by atoms with van der Waals surface area (Å²) >= 11 is 6.45. The molecule has 2 aromatic carbocycles. The first-order chi connectivity index (χ1) is 15.9. The number of nitrogens with zero attached hydrogens (tertiary/aromatic N) is 1. The second-order valence-electron chi connectivity index (χ2n) is 8.06. The molecule has 3 N–H and O–H groups in total. The Labute approximate surface area is 200 Å². The van der Waals surface area contributed by atoms with Gasteiger partial charge in [0, 0.05) is 17.8 Å². The number of ether oxygens (including phenoxy) is 2. The summed E-state index contributed by atoms with van der Waals surface area (Å²) in [7, 11) is 0. The van der Waals surface area contributed by atoms with Gasteiger partial charge in [0.15, 0.2) is 11.5 Å². The van der Waals surface area contributed by atoms with Crippen molar-refractivity contribution in [2.75, 3.05) is 25.1 Å². The average molecular weight is 474 g/mol. The fraction of sp³-hybridized carbons (Fsp3) is 0.440. The number of halogens is 1. The van der Waals surface area contributed by atoms with E-state index in [0.717, 1.165) is 37.8 Å². The summed E-state index contributed by atoms with van der Waals surface area (Å²) in [5.41, 5.74) is 7.52. The Morgan fingerprint density at radius 3 is 2.73 bits per heavy atom. The van der Waals surface area contributed by atoms with Crippen molar-refractivity contribution in [3.05, 3.63) is 52.5 Å². The number of likely N-dealkylation sites (tertiary alicyclic amines) is 1. The van der Waals surface area contributed by atoms with Crippen LogP contribution in [0.5, 0.6) is 11.5 Å². The topological polar surface area (TPSA) is 93.9 Å². The Kier molecular flexibility index (Phi) is 8.97. The standard InChI is InChI=1S/C25H32ClN3O4/c1-3-5-13-33-23-19(26)14-18(15-22(23)32-4-2)25(31)28-20-10-7-6-9-17(20)16-29-12-8-11-21(29)24(27)30/h6-7,9-10,14-15,21H,3-5,8,11-13,16H2,1-2H3,(H2,27,30)(H,28,31). The summed E-state index contributed by atoms with van der Waals surface area (Å²) in [5, 5.41) is 3.31. The molecule has 0 aromatic heterocycles. The largest absolute Gasteiger partial charge is 0.490 e. The van der Waals surface area contributed by atoms with Crippen molar-refractivity contribution in [1.82, 2.24) is 4.90 Å². The molecule has 3 rings (SSSR count). The molecule has 178 valence electrons. The molecule has 1 atom stereocenters. The third-order valence-corrected chi connectivity index (χ3v) is 5.93. The Morgan fingerprint density at radius 2 is 2.00 bits per heavy atom. The molecule has 2 aromatic rings. The van der Waals surface area contributed by atoms with Gasteiger partial charge in [0.25, 0.3) is 5.91 Å². The Morgan fingerprint density at radius 1 is 1.21 bits per heavy atom. The highest BCUT2D eigenvalue weighted by atomic mass is 35.5. The van der Waals surface area contributed by atoms with E-state index < -0.39 is 0 Å². The number of benzene rings is 2. The number of unbranched alkanes of at least 4 members (excludes halogenated alkanes) is 1. The predicted molar refractivity (Wildman–Crippen MR) is 130 cm³/mol. The van der Waals surface area contributed by atoms with Crippen LogP contribution in [0.25, 0.3) is 0 Å². The molecule has 0 bridgehead atoms. The number of carbonyl (C=O) groups excluding carboxylic acids is 2. The molecule has 0 radical (unpaired) electrons. The van der Waals surface area contributed by atoms with Crippen LogP contribution in [0.2, 0.25) is 5.02 Å². The number of nitrogens with one attached hydrogen (secondary N) is 1. The fourth-order valence-corrected chi connectivity index (χ4v) is 4.22. The maximum atomic E-state index is 13.1. The molecule has 1 heterocycles. The average Bonchev–Trinajstić information content (AvgIpc) is 3.25. The van der Waals surface area contributed by atoms with Crippen LogP contribution >= 0.6 is 11.6 Å². The quantitative estimate of drug-likeness (QED) is 0.464. The van der Waals surface area contributed by atoms with E-state index in [4.69, 9.17) is 26.8 Å². The van der Waals surface area contributed by atoms with E-state index >= 15 is 0 Å². The molecule has 1 aliphatic rings. The molecule has 33 heavy (non-hydrogen) atoms. The summed E-state index contributed by atoms with van der Waals surface area (Å²) in [6, 6.07) is 10.5. The third kappa shape index (κ3) is 6.39. The molecule has 0 aliphatic carbocycles. The number of nitrogens with two attached hydrogens (primary N) is 1. The number of primary amides is 1. The summed E-state index contributed by atoms with van der Waals surface area (Å²) in [6.45, 7) is 6.22. The van der Waals surface area contributed by atoms with Gasteiger partial charge in [-0.05, 0) is 56.5 Å². The van der Waals surface area contributed by atoms with Gasteiger partial charge in [-0.25, -0.2) is 0 Å². The Hall–Kier alpha value is -2.77. The normalized spacial score (nSPS) is 15.9. The first-order valence-corrected chi connectivity index (χ1v) is 11.8. The van der Waals surface area contributed by atoms with Gasteiger partial charge in [0.05, 0.1) is 24.3 Å². The van der Waals surface area contributed by atoms with Crippen LogP contribution in [0.1, 0.15) is 55.5 Å². The highest BCUT2D eigenvalue weighted by Crippen LogP contribution is 2.37. The van der Waals surface area contributed by atoms with E-state index in [1.165, 1.54) is 0 Å². The van der Waals surface area contributed by atoms with Crippen molar-refractivity contribution in [2.45, 2.75) is 52.1 Å². The van der Waals surface area contributed by atoms with Crippen LogP contribution < -0.4 is 20.5 Å². The van der Waals surface area contributed by atoms with Crippen molar-refractivity contribution >= 4 is 29.1 Å². The molecule has 0 saturated carbocycles. The zero-order valence-corrected chi connectivity index (χ0v) is 20.0. The monoisotopic (exact) mass is 473 g/mol. The first-order valence-electron chi connectivity index (χ1n) is 11.5. The first kappa shape index (κ1) is 24.9. The number of hydrogen-bond donors (Lipinski definition) is 2. The molecule has 0 spiro atoms.